The van der Waals surface area contributed by atoms with Crippen molar-refractivity contribution in [2.75, 3.05) is 19.0 Å². The number of benzene rings is 2. The number of unbranched alkanes of at least 4 members (excludes halogenated alkanes) is 13. The van der Waals surface area contributed by atoms with Crippen LogP contribution in [0.4, 0.5) is 5.69 Å². The molecular weight excluding hydrogens is 498 g/mol. The fourth-order valence-corrected chi connectivity index (χ4v) is 6.81. The summed E-state index contributed by atoms with van der Waals surface area (Å²) >= 11 is 0. The number of anilines is 1. The van der Waals surface area contributed by atoms with E-state index in [0.717, 1.165) is 18.0 Å². The van der Waals surface area contributed by atoms with E-state index in [2.05, 4.69) is 49.2 Å². The summed E-state index contributed by atoms with van der Waals surface area (Å²) in [6.07, 6.45) is 18.3. The Hall–Kier alpha value is -2.11. The largest absolute Gasteiger partial charge is 0.479 e. The number of carbonyl (C=O) groups is 1. The molecule has 5 heteroatoms. The smallest absolute Gasteiger partial charge is 0.331 e. The lowest BCUT2D eigenvalue weighted by molar-refractivity contribution is -0.145. The lowest BCUT2D eigenvalue weighted by atomic mass is 10.0. The van der Waals surface area contributed by atoms with Gasteiger partial charge in [-0.1, -0.05) is 145 Å². The van der Waals surface area contributed by atoms with Crippen LogP contribution in [0.2, 0.25) is 13.1 Å². The lowest BCUT2D eigenvalue weighted by Crippen LogP contribution is -2.49. The summed E-state index contributed by atoms with van der Waals surface area (Å²) in [4.78, 5) is 13.8. The third kappa shape index (κ3) is 17.2. The van der Waals surface area contributed by atoms with E-state index in [9.17, 15) is 9.90 Å². The molecule has 0 aromatic heterocycles. The average molecular weight is 556 g/mol. The molecule has 1 atom stereocenters. The fraction of sp³-hybridized carbons (Fsp3) is 0.618. The summed E-state index contributed by atoms with van der Waals surface area (Å²) in [5, 5.41) is 10.7. The van der Waals surface area contributed by atoms with Crippen molar-refractivity contribution in [1.29, 1.82) is 0 Å². The van der Waals surface area contributed by atoms with E-state index in [1.807, 2.05) is 50.5 Å². The zero-order valence-electron chi connectivity index (χ0n) is 25.7. The first kappa shape index (κ1) is 34.9. The minimum atomic E-state index is -2.19. The van der Waals surface area contributed by atoms with Crippen molar-refractivity contribution in [3.05, 3.63) is 60.7 Å². The van der Waals surface area contributed by atoms with Gasteiger partial charge >= 0.3 is 5.97 Å². The van der Waals surface area contributed by atoms with E-state index in [4.69, 9.17) is 4.43 Å². The summed E-state index contributed by atoms with van der Waals surface area (Å²) in [7, 11) is 1.88. The predicted molar refractivity (Wildman–Crippen MR) is 172 cm³/mol. The van der Waals surface area contributed by atoms with Gasteiger partial charge in [0.1, 0.15) is 6.10 Å². The monoisotopic (exact) mass is 555 g/mol. The van der Waals surface area contributed by atoms with Crippen LogP contribution in [-0.2, 0) is 9.22 Å². The second-order valence-corrected chi connectivity index (χ2v) is 15.3. The summed E-state index contributed by atoms with van der Waals surface area (Å²) < 4.78 is 6.14. The Bertz CT molecular complexity index is 842. The van der Waals surface area contributed by atoms with Crippen molar-refractivity contribution in [1.82, 2.24) is 0 Å². The van der Waals surface area contributed by atoms with Gasteiger partial charge in [0.05, 0.1) is 0 Å². The number of hydrogen-bond donors (Lipinski definition) is 1. The first-order chi connectivity index (χ1) is 18.8. The maximum Gasteiger partial charge on any atom is 0.331 e. The molecule has 0 saturated heterocycles. The minimum absolute atomic E-state index is 0.622. The normalized spacial score (nSPS) is 11.9. The highest BCUT2D eigenvalue weighted by Crippen LogP contribution is 2.17. The Morgan fingerprint density at radius 1 is 0.718 bits per heavy atom. The minimum Gasteiger partial charge on any atom is -0.479 e. The van der Waals surface area contributed by atoms with Crippen LogP contribution in [0.5, 0.6) is 0 Å². The van der Waals surface area contributed by atoms with Crippen molar-refractivity contribution < 1.29 is 14.3 Å². The molecule has 2 aromatic carbocycles. The van der Waals surface area contributed by atoms with Crippen molar-refractivity contribution in [3.63, 3.8) is 0 Å². The summed E-state index contributed by atoms with van der Waals surface area (Å²) in [6, 6.07) is 20.3. The summed E-state index contributed by atoms with van der Waals surface area (Å²) in [5.74, 6) is -0.818. The molecule has 39 heavy (non-hydrogen) atoms. The molecule has 2 aromatic rings. The van der Waals surface area contributed by atoms with E-state index in [-0.39, 0.29) is 0 Å². The molecule has 0 bridgehead atoms. The zero-order valence-corrected chi connectivity index (χ0v) is 26.7. The Labute approximate surface area is 241 Å². The topological polar surface area (TPSA) is 49.8 Å². The van der Waals surface area contributed by atoms with Gasteiger partial charge in [-0.25, -0.2) is 4.79 Å². The molecule has 220 valence electrons. The van der Waals surface area contributed by atoms with E-state index >= 15 is 0 Å². The molecule has 1 unspecified atom stereocenters. The predicted octanol–water partition coefficient (Wildman–Crippen LogP) is 9.19. The number of carboxylic acid groups (broad SMARTS) is 1. The van der Waals surface area contributed by atoms with Gasteiger partial charge in [0.2, 0.25) is 8.32 Å². The zero-order chi connectivity index (χ0) is 28.8. The fourth-order valence-electron chi connectivity index (χ4n) is 4.75. The van der Waals surface area contributed by atoms with E-state index in [0.29, 0.717) is 6.42 Å². The molecule has 4 nitrogen and oxygen atoms in total. The summed E-state index contributed by atoms with van der Waals surface area (Å²) in [5.41, 5.74) is 1.25. The van der Waals surface area contributed by atoms with Crippen molar-refractivity contribution in [3.8, 4) is 0 Å². The van der Waals surface area contributed by atoms with Crippen LogP contribution in [0.15, 0.2) is 60.7 Å². The molecule has 2 rings (SSSR count). The van der Waals surface area contributed by atoms with Crippen LogP contribution >= 0.6 is 0 Å². The van der Waals surface area contributed by atoms with E-state index in [1.54, 1.807) is 0 Å². The van der Waals surface area contributed by atoms with Gasteiger partial charge in [-0.3, -0.25) is 0 Å². The molecule has 0 amide bonds. The molecular formula is C34H57NO3Si. The van der Waals surface area contributed by atoms with Crippen LogP contribution in [0, 0.1) is 0 Å². The van der Waals surface area contributed by atoms with E-state index < -0.39 is 20.4 Å². The highest BCUT2D eigenvalue weighted by molar-refractivity contribution is 6.84. The van der Waals surface area contributed by atoms with Crippen LogP contribution in [0.1, 0.15) is 103 Å². The number of aliphatic carboxylic acids is 1. The van der Waals surface area contributed by atoms with Crippen molar-refractivity contribution in [2.24, 2.45) is 0 Å². The number of hydrogen-bond acceptors (Lipinski definition) is 3. The summed E-state index contributed by atoms with van der Waals surface area (Å²) in [6.45, 7) is 6.44. The molecule has 0 aliphatic heterocycles. The first-order valence-electron chi connectivity index (χ1n) is 15.5. The Morgan fingerprint density at radius 2 is 1.13 bits per heavy atom. The van der Waals surface area contributed by atoms with Crippen LogP contribution in [-0.4, -0.2) is 39.6 Å². The maximum absolute atomic E-state index is 11.7. The van der Waals surface area contributed by atoms with Gasteiger partial charge in [-0.15, -0.1) is 0 Å². The highest BCUT2D eigenvalue weighted by atomic mass is 28.4. The quantitative estimate of drug-likeness (QED) is 0.131. The molecule has 0 spiro atoms. The second-order valence-electron chi connectivity index (χ2n) is 11.4. The van der Waals surface area contributed by atoms with Gasteiger partial charge in [0, 0.05) is 19.8 Å². The highest BCUT2D eigenvalue weighted by Gasteiger charge is 2.31. The molecule has 0 fully saturated rings. The van der Waals surface area contributed by atoms with Crippen LogP contribution in [0.3, 0.4) is 0 Å². The second kappa shape index (κ2) is 21.7. The molecule has 1 N–H and O–H groups in total. The molecule has 0 aliphatic carbocycles. The van der Waals surface area contributed by atoms with Gasteiger partial charge in [0.25, 0.3) is 0 Å². The third-order valence-electron chi connectivity index (χ3n) is 7.27. The Morgan fingerprint density at radius 3 is 1.51 bits per heavy atom. The van der Waals surface area contributed by atoms with Crippen molar-refractivity contribution >= 4 is 25.2 Å². The maximum atomic E-state index is 11.7. The average Bonchev–Trinajstić information content (AvgIpc) is 2.93. The van der Waals surface area contributed by atoms with Crippen LogP contribution in [0.25, 0.3) is 0 Å². The lowest BCUT2D eigenvalue weighted by Gasteiger charge is -2.27. The van der Waals surface area contributed by atoms with Gasteiger partial charge in [0.15, 0.2) is 0 Å². The SMILES string of the molecule is CCCCCCCCCCCCCCCCC(O[Si](C)(C)c1ccccc1)C(=O)O.CN(C)c1ccccc1. The number of para-hydroxylation sites is 1. The van der Waals surface area contributed by atoms with Gasteiger partial charge in [-0.05, 0) is 36.8 Å². The number of rotatable bonds is 20. The molecule has 0 heterocycles. The van der Waals surface area contributed by atoms with E-state index in [1.165, 1.54) is 82.7 Å². The first-order valence-corrected chi connectivity index (χ1v) is 18.4. The molecule has 0 aliphatic rings. The van der Waals surface area contributed by atoms with Crippen molar-refractivity contribution in [2.45, 2.75) is 122 Å². The Kier molecular flexibility index (Phi) is 19.4. The number of nitrogens with zero attached hydrogens (tertiary/aromatic N) is 1. The van der Waals surface area contributed by atoms with Gasteiger partial charge in [-0.2, -0.15) is 0 Å². The third-order valence-corrected chi connectivity index (χ3v) is 9.87. The number of carboxylic acids is 1. The molecule has 0 radical (unpaired) electrons. The van der Waals surface area contributed by atoms with Gasteiger partial charge < -0.3 is 14.4 Å². The Balaban J connectivity index is 0.000000708. The van der Waals surface area contributed by atoms with Crippen LogP contribution < -0.4 is 10.1 Å². The molecule has 0 saturated carbocycles. The standard InChI is InChI=1S/C26H46O3Si.C8H11N/c1-4-5-6-7-8-9-10-11-12-13-14-15-16-20-23-25(26(27)28)29-30(2,3)24-21-18-17-19-22-24;1-9(2)8-6-4-3-5-7-8/h17-19,21-22,25H,4-16,20,23H2,1-3H3,(H,27,28);3-7H,1-2H3.